The molecule has 16 atom stereocenters. The molecule has 4 saturated carbocycles. The molecule has 0 radical (unpaired) electrons. The lowest BCUT2D eigenvalue weighted by Crippen LogP contribution is -2.44. The molecule has 0 nitrogen and oxygen atoms in total. The summed E-state index contributed by atoms with van der Waals surface area (Å²) in [4.78, 5) is 0. The lowest BCUT2D eigenvalue weighted by atomic mass is 9.54. The average molecular weight is 1570 g/mol. The molecule has 624 valence electrons. The van der Waals surface area contributed by atoms with Crippen molar-refractivity contribution in [3.05, 3.63) is 236 Å². The van der Waals surface area contributed by atoms with Gasteiger partial charge in [-0.2, -0.15) is 0 Å². The van der Waals surface area contributed by atoms with Crippen LogP contribution in [-0.2, 0) is 21.7 Å². The van der Waals surface area contributed by atoms with Crippen LogP contribution in [-0.4, -0.2) is 0 Å². The third kappa shape index (κ3) is 15.2. The highest BCUT2D eigenvalue weighted by molar-refractivity contribution is 5.94. The van der Waals surface area contributed by atoms with Crippen LogP contribution in [0.4, 0.5) is 0 Å². The minimum atomic E-state index is -0.190. The van der Waals surface area contributed by atoms with Gasteiger partial charge in [0.25, 0.3) is 0 Å². The summed E-state index contributed by atoms with van der Waals surface area (Å²) in [7, 11) is 0. The smallest absolute Gasteiger partial charge is 0.0246 e. The molecule has 0 N–H and O–H groups in total. The predicted molar refractivity (Wildman–Crippen MR) is 513 cm³/mol. The van der Waals surface area contributed by atoms with Gasteiger partial charge >= 0.3 is 0 Å². The van der Waals surface area contributed by atoms with Crippen LogP contribution in [0.15, 0.2) is 158 Å². The predicted octanol–water partition coefficient (Wildman–Crippen LogP) is 34.4. The van der Waals surface area contributed by atoms with Crippen molar-refractivity contribution in [1.29, 1.82) is 0 Å². The highest BCUT2D eigenvalue weighted by Crippen LogP contribution is 2.67. The maximum Gasteiger partial charge on any atom is 0.0246 e. The van der Waals surface area contributed by atoms with E-state index in [0.717, 1.165) is 17.8 Å². The second-order valence-corrected chi connectivity index (χ2v) is 42.3. The van der Waals surface area contributed by atoms with Gasteiger partial charge in [0.2, 0.25) is 0 Å². The summed E-state index contributed by atoms with van der Waals surface area (Å²) in [5, 5.41) is 0. The van der Waals surface area contributed by atoms with E-state index in [1.165, 1.54) is 258 Å². The van der Waals surface area contributed by atoms with Gasteiger partial charge in [0.1, 0.15) is 0 Å². The molecule has 0 aliphatic heterocycles. The van der Waals surface area contributed by atoms with E-state index >= 15 is 0 Å². The molecule has 4 fully saturated rings. The van der Waals surface area contributed by atoms with Gasteiger partial charge in [-0.1, -0.05) is 402 Å². The van der Waals surface area contributed by atoms with Crippen molar-refractivity contribution in [3.8, 4) is 44.5 Å². The second kappa shape index (κ2) is 35.8. The first kappa shape index (κ1) is 84.6. The van der Waals surface area contributed by atoms with Crippen LogP contribution < -0.4 is 0 Å². The molecule has 0 spiro atoms. The second-order valence-electron chi connectivity index (χ2n) is 42.3. The zero-order valence-electron chi connectivity index (χ0n) is 76.5. The number of unbranched alkanes of at least 4 members (excludes halogenated alkanes) is 8. The molecule has 8 aliphatic rings. The fraction of sp³-hybridized carbons (Fsp3) is 0.542. The summed E-state index contributed by atoms with van der Waals surface area (Å²) in [6.07, 6.45) is 51.3. The molecule has 4 unspecified atom stereocenters. The number of hydrogen-bond acceptors (Lipinski definition) is 0. The van der Waals surface area contributed by atoms with Crippen molar-refractivity contribution in [2.75, 3.05) is 0 Å². The normalized spacial score (nSPS) is 28.8. The monoisotopic (exact) mass is 1570 g/mol. The Bertz CT molecular complexity index is 4910. The minimum absolute atomic E-state index is 0.00464. The summed E-state index contributed by atoms with van der Waals surface area (Å²) in [5.74, 6) is 10.4. The van der Waals surface area contributed by atoms with Crippen LogP contribution in [0.2, 0.25) is 0 Å². The number of benzene rings is 8. The third-order valence-corrected chi connectivity index (χ3v) is 33.8. The van der Waals surface area contributed by atoms with Crippen molar-refractivity contribution < 1.29 is 0 Å². The molecule has 0 heterocycles. The Balaban J connectivity index is 0.888. The Morgan fingerprint density at radius 3 is 0.822 bits per heavy atom. The molecule has 0 amide bonds. The molecule has 0 saturated heterocycles. The first-order chi connectivity index (χ1) is 57.2. The molecular weight excluding hydrogens is 1420 g/mol. The molecule has 0 bridgehead atoms. The van der Waals surface area contributed by atoms with Gasteiger partial charge in [-0.25, -0.2) is 0 Å². The van der Waals surface area contributed by atoms with Gasteiger partial charge in [-0.15, -0.1) is 0 Å². The highest BCUT2D eigenvalue weighted by Gasteiger charge is 2.58. The first-order valence-electron chi connectivity index (χ1n) is 49.3. The largest absolute Gasteiger partial charge is 0.0654 e. The van der Waals surface area contributed by atoms with Crippen LogP contribution in [0.5, 0.6) is 0 Å². The van der Waals surface area contributed by atoms with Crippen molar-refractivity contribution in [1.82, 2.24) is 0 Å². The fourth-order valence-electron chi connectivity index (χ4n) is 28.2. The SMILES string of the molecule is CCCCCC1([C@H]2C[C@H](C)CC[C@H]2C(C)C)c2ccccc2-c2ccc(/C=C/c3ccc4c(c3)C(CCCCC)([C@H]3C[C@H](C)CC[C@H]3C(C)C)c3cc(/C=C/c5ccc6c(c5)C(CCCCC)([C@H]5C[C@H](C)CC[C@H]5C(C)C)c5ccccc5-6)cc(/C=C/c5ccc6c(c5)C(CCCCC)([C@H]5C[C@H](C)CC[C@H]5C(C)C)c5ccccc5-6)c3-4)cc21. The topological polar surface area (TPSA) is 0 Å². The summed E-state index contributed by atoms with van der Waals surface area (Å²) >= 11 is 0. The van der Waals surface area contributed by atoms with Crippen LogP contribution in [0, 0.1) is 94.7 Å². The summed E-state index contributed by atoms with van der Waals surface area (Å²) in [6.45, 7) is 40.5. The average Bonchev–Trinajstić information content (AvgIpc) is 1.55. The first-order valence-corrected chi connectivity index (χ1v) is 49.3. The Morgan fingerprint density at radius 2 is 0.517 bits per heavy atom. The van der Waals surface area contributed by atoms with E-state index in [2.05, 4.69) is 305 Å². The van der Waals surface area contributed by atoms with E-state index in [9.17, 15) is 0 Å². The van der Waals surface area contributed by atoms with Crippen LogP contribution in [0.3, 0.4) is 0 Å². The molecule has 0 aromatic heterocycles. The van der Waals surface area contributed by atoms with E-state index in [1.807, 2.05) is 0 Å². The van der Waals surface area contributed by atoms with Crippen LogP contribution >= 0.6 is 0 Å². The number of rotatable bonds is 30. The standard InChI is InChI=1S/C118H152/c1-17-21-31-63-115(105-67-81(13)41-55-91(105)77(5)6)102-38-28-25-35-95(102)98-59-50-85(72-109(98)115)45-46-86-53-62-101-112(75-86)118(66-34-24-20-4,108-70-84(16)44-58-94(108)80(11)12)113-76-89(48-47-87-51-60-99-96-36-26-29-39-103(96)116(110(99)73-87,64-32-22-18-2)106-68-82(14)42-56-92(106)78(7)8)71-90(114(101)113)54-49-88-52-61-100-97-37-27-30-40-104(97)117(111(100)74-88,65-33-23-19-3)107-69-83(15)43-57-93(107)79(9)10/h25-30,35-40,45-54,59-62,71-84,91-94,105-108H,17-24,31-34,41-44,55-58,63-70H2,1-16H3/b46-45+,48-47+,54-49+/t81-,82-,83-,84-,91+,92+,93+,94+,105+,106+,107+,108+,115?,116?,117?,118?/m1/s1. The molecular formula is C118H152. The minimum Gasteiger partial charge on any atom is -0.0654 e. The third-order valence-electron chi connectivity index (χ3n) is 33.8. The number of fused-ring (bicyclic) bond motifs is 12. The van der Waals surface area contributed by atoms with Gasteiger partial charge < -0.3 is 0 Å². The Labute approximate surface area is 718 Å². The summed E-state index contributed by atoms with van der Waals surface area (Å²) in [5.41, 5.74) is 32.7. The summed E-state index contributed by atoms with van der Waals surface area (Å²) in [6, 6.07) is 66.1. The number of hydrogen-bond donors (Lipinski definition) is 0. The van der Waals surface area contributed by atoms with Crippen molar-refractivity contribution in [2.24, 2.45) is 94.7 Å². The Hall–Kier alpha value is -7.02. The maximum atomic E-state index is 2.80. The van der Waals surface area contributed by atoms with Gasteiger partial charge in [0, 0.05) is 21.7 Å². The van der Waals surface area contributed by atoms with Gasteiger partial charge in [0.15, 0.2) is 0 Å². The molecule has 0 heteroatoms. The molecule has 8 aromatic carbocycles. The lowest BCUT2D eigenvalue weighted by molar-refractivity contribution is 0.0826. The van der Waals surface area contributed by atoms with Gasteiger partial charge in [-0.3, -0.25) is 0 Å². The quantitative estimate of drug-likeness (QED) is 0.0311. The Morgan fingerprint density at radius 1 is 0.263 bits per heavy atom. The van der Waals surface area contributed by atoms with Gasteiger partial charge in [0.05, 0.1) is 0 Å². The van der Waals surface area contributed by atoms with Gasteiger partial charge in [-0.05, 0) is 300 Å². The van der Waals surface area contributed by atoms with Crippen molar-refractivity contribution >= 4 is 36.5 Å². The zero-order chi connectivity index (χ0) is 82.4. The molecule has 8 aliphatic carbocycles. The van der Waals surface area contributed by atoms with E-state index in [4.69, 9.17) is 0 Å². The van der Waals surface area contributed by atoms with Crippen LogP contribution in [0.1, 0.15) is 368 Å². The fourth-order valence-corrected chi connectivity index (χ4v) is 28.2. The van der Waals surface area contributed by atoms with E-state index in [1.54, 1.807) is 44.5 Å². The van der Waals surface area contributed by atoms with Crippen molar-refractivity contribution in [2.45, 2.75) is 312 Å². The molecule has 8 aromatic rings. The van der Waals surface area contributed by atoms with E-state index in [0.29, 0.717) is 76.9 Å². The maximum absolute atomic E-state index is 2.80. The van der Waals surface area contributed by atoms with Crippen molar-refractivity contribution in [3.63, 3.8) is 0 Å². The van der Waals surface area contributed by atoms with E-state index in [-0.39, 0.29) is 21.7 Å². The van der Waals surface area contributed by atoms with E-state index < -0.39 is 0 Å². The highest BCUT2D eigenvalue weighted by atomic mass is 14.6. The molecule has 118 heavy (non-hydrogen) atoms. The zero-order valence-corrected chi connectivity index (χ0v) is 76.5. The summed E-state index contributed by atoms with van der Waals surface area (Å²) < 4.78 is 0. The Kier molecular flexibility index (Phi) is 25.7. The molecule has 16 rings (SSSR count). The lowest BCUT2D eigenvalue weighted by Gasteiger charge is -2.49. The van der Waals surface area contributed by atoms with Crippen LogP contribution in [0.25, 0.3) is 81.0 Å².